The third kappa shape index (κ3) is 4.00. The third-order valence-electron chi connectivity index (χ3n) is 3.40. The highest BCUT2D eigenvalue weighted by Gasteiger charge is 2.10. The zero-order valence-electron chi connectivity index (χ0n) is 12.0. The largest absolute Gasteiger partial charge is 0.381 e. The second-order valence-corrected chi connectivity index (χ2v) is 4.96. The van der Waals surface area contributed by atoms with Crippen molar-refractivity contribution in [2.75, 3.05) is 13.2 Å². The lowest BCUT2D eigenvalue weighted by atomic mass is 10.0. The molecular weight excluding hydrogens is 250 g/mol. The summed E-state index contributed by atoms with van der Waals surface area (Å²) >= 11 is 0. The van der Waals surface area contributed by atoms with Crippen LogP contribution in [0, 0.1) is 0 Å². The van der Waals surface area contributed by atoms with Gasteiger partial charge in [-0.05, 0) is 37.0 Å². The smallest absolute Gasteiger partial charge is 0.0704 e. The van der Waals surface area contributed by atoms with E-state index < -0.39 is 0 Å². The molecule has 0 aliphatic carbocycles. The molecule has 0 saturated heterocycles. The van der Waals surface area contributed by atoms with Crippen molar-refractivity contribution in [3.63, 3.8) is 0 Å². The maximum absolute atomic E-state index is 5.66. The Bertz CT molecular complexity index is 525. The van der Waals surface area contributed by atoms with Crippen LogP contribution in [0.5, 0.6) is 0 Å². The van der Waals surface area contributed by atoms with E-state index in [-0.39, 0.29) is 6.04 Å². The second kappa shape index (κ2) is 7.94. The van der Waals surface area contributed by atoms with E-state index in [1.807, 2.05) is 24.4 Å². The van der Waals surface area contributed by atoms with E-state index in [1.165, 1.54) is 10.9 Å². The molecule has 0 radical (unpaired) electrons. The van der Waals surface area contributed by atoms with Crippen LogP contribution in [0.15, 0.2) is 36.5 Å². The molecule has 0 spiro atoms. The number of hydrogen-bond donors (Lipinski definition) is 2. The first kappa shape index (κ1) is 14.9. The van der Waals surface area contributed by atoms with Gasteiger partial charge in [0.15, 0.2) is 0 Å². The number of benzene rings is 1. The average molecular weight is 273 g/mol. The molecule has 0 amide bonds. The second-order valence-electron chi connectivity index (χ2n) is 4.96. The molecule has 2 rings (SSSR count). The molecule has 4 nitrogen and oxygen atoms in total. The van der Waals surface area contributed by atoms with Crippen molar-refractivity contribution in [1.82, 2.24) is 10.4 Å². The minimum atomic E-state index is 0.220. The van der Waals surface area contributed by atoms with Crippen LogP contribution < -0.4 is 11.3 Å². The van der Waals surface area contributed by atoms with Crippen LogP contribution in [0.3, 0.4) is 0 Å². The Morgan fingerprint density at radius 1 is 1.25 bits per heavy atom. The molecular formula is C16H23N3O. The number of para-hydroxylation sites is 1. The lowest BCUT2D eigenvalue weighted by Gasteiger charge is -2.17. The van der Waals surface area contributed by atoms with Gasteiger partial charge in [0.25, 0.3) is 0 Å². The van der Waals surface area contributed by atoms with E-state index in [9.17, 15) is 0 Å². The summed E-state index contributed by atoms with van der Waals surface area (Å²) in [7, 11) is 0. The number of pyridine rings is 1. The number of nitrogens with zero attached hydrogens (tertiary/aromatic N) is 1. The minimum absolute atomic E-state index is 0.220. The van der Waals surface area contributed by atoms with E-state index in [4.69, 9.17) is 10.6 Å². The van der Waals surface area contributed by atoms with Crippen LogP contribution >= 0.6 is 0 Å². The van der Waals surface area contributed by atoms with Crippen molar-refractivity contribution in [2.24, 2.45) is 5.84 Å². The summed E-state index contributed by atoms with van der Waals surface area (Å²) in [5, 5.41) is 1.20. The molecule has 1 unspecified atom stereocenters. The first-order chi connectivity index (χ1) is 9.85. The standard InChI is InChI=1S/C16H23N3O/c1-2-10-20-11-8-14(19-17)12-13-7-9-18-16-6-4-3-5-15(13)16/h3-7,9,14,19H,2,8,10-12,17H2,1H3. The molecule has 1 aromatic carbocycles. The van der Waals surface area contributed by atoms with Gasteiger partial charge in [0.2, 0.25) is 0 Å². The Morgan fingerprint density at radius 3 is 2.90 bits per heavy atom. The monoisotopic (exact) mass is 273 g/mol. The fraction of sp³-hybridized carbons (Fsp3) is 0.438. The highest BCUT2D eigenvalue weighted by atomic mass is 16.5. The third-order valence-corrected chi connectivity index (χ3v) is 3.40. The average Bonchev–Trinajstić information content (AvgIpc) is 2.50. The number of nitrogens with one attached hydrogen (secondary N) is 1. The quantitative estimate of drug-likeness (QED) is 0.440. The summed E-state index contributed by atoms with van der Waals surface area (Å²) in [6.07, 6.45) is 4.71. The topological polar surface area (TPSA) is 60.2 Å². The van der Waals surface area contributed by atoms with Gasteiger partial charge in [-0.15, -0.1) is 0 Å². The predicted octanol–water partition coefficient (Wildman–Crippen LogP) is 2.43. The van der Waals surface area contributed by atoms with Crippen LogP contribution in [0.4, 0.5) is 0 Å². The molecule has 1 heterocycles. The number of hydrogen-bond acceptors (Lipinski definition) is 4. The van der Waals surface area contributed by atoms with Gasteiger partial charge in [0.05, 0.1) is 5.52 Å². The van der Waals surface area contributed by atoms with E-state index in [0.29, 0.717) is 0 Å². The van der Waals surface area contributed by atoms with Gasteiger partial charge in [-0.3, -0.25) is 16.3 Å². The van der Waals surface area contributed by atoms with Crippen LogP contribution in [-0.2, 0) is 11.2 Å². The maximum atomic E-state index is 5.66. The molecule has 3 N–H and O–H groups in total. The van der Waals surface area contributed by atoms with Crippen molar-refractivity contribution in [1.29, 1.82) is 0 Å². The van der Waals surface area contributed by atoms with Gasteiger partial charge in [-0.25, -0.2) is 0 Å². The lowest BCUT2D eigenvalue weighted by molar-refractivity contribution is 0.124. The Balaban J connectivity index is 2.02. The molecule has 1 atom stereocenters. The molecule has 20 heavy (non-hydrogen) atoms. The summed E-state index contributed by atoms with van der Waals surface area (Å²) in [6, 6.07) is 10.5. The van der Waals surface area contributed by atoms with Gasteiger partial charge in [-0.2, -0.15) is 0 Å². The lowest BCUT2D eigenvalue weighted by Crippen LogP contribution is -2.37. The molecule has 0 bridgehead atoms. The number of rotatable bonds is 8. The summed E-state index contributed by atoms with van der Waals surface area (Å²) in [5.74, 6) is 5.66. The molecule has 4 heteroatoms. The highest BCUT2D eigenvalue weighted by Crippen LogP contribution is 2.18. The van der Waals surface area contributed by atoms with Crippen LogP contribution in [-0.4, -0.2) is 24.2 Å². The minimum Gasteiger partial charge on any atom is -0.381 e. The molecule has 0 saturated carbocycles. The first-order valence-corrected chi connectivity index (χ1v) is 7.21. The van der Waals surface area contributed by atoms with Crippen LogP contribution in [0.25, 0.3) is 10.9 Å². The molecule has 0 aliphatic rings. The van der Waals surface area contributed by atoms with E-state index in [1.54, 1.807) is 0 Å². The van der Waals surface area contributed by atoms with Crippen molar-refractivity contribution >= 4 is 10.9 Å². The summed E-state index contributed by atoms with van der Waals surface area (Å²) in [6.45, 7) is 3.67. The summed E-state index contributed by atoms with van der Waals surface area (Å²) < 4.78 is 5.53. The Kier molecular flexibility index (Phi) is 5.92. The van der Waals surface area contributed by atoms with Crippen LogP contribution in [0.1, 0.15) is 25.3 Å². The zero-order valence-corrected chi connectivity index (χ0v) is 12.0. The number of ether oxygens (including phenoxy) is 1. The molecule has 0 fully saturated rings. The van der Waals surface area contributed by atoms with Gasteiger partial charge in [0, 0.05) is 30.8 Å². The van der Waals surface area contributed by atoms with Crippen molar-refractivity contribution in [2.45, 2.75) is 32.2 Å². The van der Waals surface area contributed by atoms with Gasteiger partial charge in [0.1, 0.15) is 0 Å². The van der Waals surface area contributed by atoms with Gasteiger partial charge in [-0.1, -0.05) is 25.1 Å². The summed E-state index contributed by atoms with van der Waals surface area (Å²) in [4.78, 5) is 4.39. The van der Waals surface area contributed by atoms with Gasteiger partial charge >= 0.3 is 0 Å². The molecule has 108 valence electrons. The van der Waals surface area contributed by atoms with Crippen molar-refractivity contribution in [3.8, 4) is 0 Å². The number of aromatic nitrogens is 1. The molecule has 0 aliphatic heterocycles. The Hall–Kier alpha value is -1.49. The fourth-order valence-corrected chi connectivity index (χ4v) is 2.31. The van der Waals surface area contributed by atoms with Gasteiger partial charge < -0.3 is 4.74 Å². The highest BCUT2D eigenvalue weighted by molar-refractivity contribution is 5.81. The predicted molar refractivity (Wildman–Crippen MR) is 82.3 cm³/mol. The molecule has 2 aromatic rings. The normalized spacial score (nSPS) is 12.7. The fourth-order valence-electron chi connectivity index (χ4n) is 2.31. The van der Waals surface area contributed by atoms with E-state index >= 15 is 0 Å². The maximum Gasteiger partial charge on any atom is 0.0704 e. The molecule has 1 aromatic heterocycles. The zero-order chi connectivity index (χ0) is 14.2. The SMILES string of the molecule is CCCOCCC(Cc1ccnc2ccccc12)NN. The Labute approximate surface area is 120 Å². The van der Waals surface area contributed by atoms with E-state index in [2.05, 4.69) is 29.5 Å². The van der Waals surface area contributed by atoms with Crippen molar-refractivity contribution < 1.29 is 4.74 Å². The number of nitrogens with two attached hydrogens (primary N) is 1. The number of fused-ring (bicyclic) bond motifs is 1. The van der Waals surface area contributed by atoms with Crippen LogP contribution in [0.2, 0.25) is 0 Å². The first-order valence-electron chi connectivity index (χ1n) is 7.21. The van der Waals surface area contributed by atoms with Crippen molar-refractivity contribution in [3.05, 3.63) is 42.1 Å². The number of hydrazine groups is 1. The summed E-state index contributed by atoms with van der Waals surface area (Å²) in [5.41, 5.74) is 5.19. The van der Waals surface area contributed by atoms with E-state index in [0.717, 1.165) is 38.0 Å². The Morgan fingerprint density at radius 2 is 2.10 bits per heavy atom.